The van der Waals surface area contributed by atoms with E-state index in [1.54, 1.807) is 0 Å². The fourth-order valence-electron chi connectivity index (χ4n) is 2.57. The minimum atomic E-state index is 0.770. The Kier molecular flexibility index (Phi) is 5.02. The second kappa shape index (κ2) is 6.76. The number of rotatable bonds is 5. The Balaban J connectivity index is 1.89. The highest BCUT2D eigenvalue weighted by Gasteiger charge is 2.16. The molecule has 0 atom stereocenters. The van der Waals surface area contributed by atoms with E-state index in [9.17, 15) is 0 Å². The summed E-state index contributed by atoms with van der Waals surface area (Å²) in [6.45, 7) is 8.53. The SMILES string of the molecule is CCCc1ccc(N2CCN(CCN)CC2)cc1. The summed E-state index contributed by atoms with van der Waals surface area (Å²) >= 11 is 0. The molecule has 1 aliphatic heterocycles. The normalized spacial score (nSPS) is 17.1. The number of benzene rings is 1. The van der Waals surface area contributed by atoms with Crippen LogP contribution in [-0.2, 0) is 6.42 Å². The fourth-order valence-corrected chi connectivity index (χ4v) is 2.57. The van der Waals surface area contributed by atoms with E-state index < -0.39 is 0 Å². The molecule has 1 fully saturated rings. The zero-order chi connectivity index (χ0) is 12.8. The number of piperazine rings is 1. The van der Waals surface area contributed by atoms with Gasteiger partial charge in [-0.25, -0.2) is 0 Å². The van der Waals surface area contributed by atoms with E-state index in [-0.39, 0.29) is 0 Å². The zero-order valence-corrected chi connectivity index (χ0v) is 11.4. The van der Waals surface area contributed by atoms with E-state index >= 15 is 0 Å². The maximum Gasteiger partial charge on any atom is 0.0367 e. The second-order valence-corrected chi connectivity index (χ2v) is 5.03. The quantitative estimate of drug-likeness (QED) is 0.860. The van der Waals surface area contributed by atoms with Crippen molar-refractivity contribution in [1.82, 2.24) is 4.90 Å². The molecule has 0 amide bonds. The van der Waals surface area contributed by atoms with Crippen molar-refractivity contribution >= 4 is 5.69 Å². The van der Waals surface area contributed by atoms with Gasteiger partial charge in [0, 0.05) is 45.0 Å². The van der Waals surface area contributed by atoms with E-state index in [0.717, 1.165) is 39.3 Å². The molecule has 0 saturated carbocycles. The third-order valence-corrected chi connectivity index (χ3v) is 3.66. The Labute approximate surface area is 111 Å². The first-order chi connectivity index (χ1) is 8.83. The number of nitrogens with zero attached hydrogens (tertiary/aromatic N) is 2. The molecule has 1 aromatic carbocycles. The Bertz CT molecular complexity index is 339. The highest BCUT2D eigenvalue weighted by atomic mass is 15.3. The standard InChI is InChI=1S/C15H25N3/c1-2-3-14-4-6-15(7-5-14)18-12-10-17(9-8-16)11-13-18/h4-7H,2-3,8-13,16H2,1H3. The van der Waals surface area contributed by atoms with E-state index in [4.69, 9.17) is 5.73 Å². The molecule has 1 heterocycles. The van der Waals surface area contributed by atoms with Gasteiger partial charge in [-0.05, 0) is 24.1 Å². The van der Waals surface area contributed by atoms with E-state index in [1.807, 2.05) is 0 Å². The third kappa shape index (κ3) is 3.47. The Hall–Kier alpha value is -1.06. The van der Waals surface area contributed by atoms with Gasteiger partial charge in [-0.15, -0.1) is 0 Å². The summed E-state index contributed by atoms with van der Waals surface area (Å²) in [5.41, 5.74) is 8.41. The summed E-state index contributed by atoms with van der Waals surface area (Å²) in [5, 5.41) is 0. The summed E-state index contributed by atoms with van der Waals surface area (Å²) in [5.74, 6) is 0. The number of hydrogen-bond donors (Lipinski definition) is 1. The van der Waals surface area contributed by atoms with Crippen molar-refractivity contribution in [3.63, 3.8) is 0 Å². The summed E-state index contributed by atoms with van der Waals surface area (Å²) in [6.07, 6.45) is 2.40. The molecule has 18 heavy (non-hydrogen) atoms. The van der Waals surface area contributed by atoms with Crippen LogP contribution in [0.1, 0.15) is 18.9 Å². The Morgan fingerprint density at radius 3 is 2.28 bits per heavy atom. The summed E-state index contributed by atoms with van der Waals surface area (Å²) < 4.78 is 0. The Morgan fingerprint density at radius 1 is 1.06 bits per heavy atom. The first-order valence-corrected chi connectivity index (χ1v) is 7.10. The molecule has 0 aromatic heterocycles. The van der Waals surface area contributed by atoms with Crippen LogP contribution in [0, 0.1) is 0 Å². The van der Waals surface area contributed by atoms with Crippen LogP contribution in [0.5, 0.6) is 0 Å². The highest BCUT2D eigenvalue weighted by molar-refractivity contribution is 5.48. The van der Waals surface area contributed by atoms with E-state index in [2.05, 4.69) is 41.0 Å². The number of anilines is 1. The van der Waals surface area contributed by atoms with Gasteiger partial charge in [-0.3, -0.25) is 4.90 Å². The van der Waals surface area contributed by atoms with Crippen LogP contribution in [0.3, 0.4) is 0 Å². The van der Waals surface area contributed by atoms with Crippen molar-refractivity contribution in [1.29, 1.82) is 0 Å². The summed E-state index contributed by atoms with van der Waals surface area (Å²) in [6, 6.07) is 9.07. The molecule has 2 rings (SSSR count). The Morgan fingerprint density at radius 2 is 1.72 bits per heavy atom. The lowest BCUT2D eigenvalue weighted by molar-refractivity contribution is 0.265. The molecule has 0 bridgehead atoms. The van der Waals surface area contributed by atoms with Gasteiger partial charge in [0.1, 0.15) is 0 Å². The molecule has 0 radical (unpaired) electrons. The summed E-state index contributed by atoms with van der Waals surface area (Å²) in [4.78, 5) is 4.92. The van der Waals surface area contributed by atoms with Crippen LogP contribution in [0.25, 0.3) is 0 Å². The predicted octanol–water partition coefficient (Wildman–Crippen LogP) is 1.72. The maximum atomic E-state index is 5.59. The third-order valence-electron chi connectivity index (χ3n) is 3.66. The number of aryl methyl sites for hydroxylation is 1. The van der Waals surface area contributed by atoms with Crippen molar-refractivity contribution in [2.45, 2.75) is 19.8 Å². The molecule has 0 spiro atoms. The van der Waals surface area contributed by atoms with Gasteiger partial charge in [0.15, 0.2) is 0 Å². The van der Waals surface area contributed by atoms with Crippen LogP contribution in [0.15, 0.2) is 24.3 Å². The molecule has 2 N–H and O–H groups in total. The molecule has 3 heteroatoms. The van der Waals surface area contributed by atoms with Gasteiger partial charge in [-0.2, -0.15) is 0 Å². The second-order valence-electron chi connectivity index (χ2n) is 5.03. The van der Waals surface area contributed by atoms with Gasteiger partial charge in [0.25, 0.3) is 0 Å². The molecule has 1 aliphatic rings. The topological polar surface area (TPSA) is 32.5 Å². The highest BCUT2D eigenvalue weighted by Crippen LogP contribution is 2.17. The molecule has 0 aliphatic carbocycles. The monoisotopic (exact) mass is 247 g/mol. The van der Waals surface area contributed by atoms with E-state index in [1.165, 1.54) is 24.1 Å². The predicted molar refractivity (Wildman–Crippen MR) is 78.1 cm³/mol. The molecular formula is C15H25N3. The number of nitrogens with two attached hydrogens (primary N) is 1. The van der Waals surface area contributed by atoms with Gasteiger partial charge in [-0.1, -0.05) is 25.5 Å². The van der Waals surface area contributed by atoms with Crippen molar-refractivity contribution in [2.75, 3.05) is 44.2 Å². The maximum absolute atomic E-state index is 5.59. The summed E-state index contributed by atoms with van der Waals surface area (Å²) in [7, 11) is 0. The minimum absolute atomic E-state index is 0.770. The average molecular weight is 247 g/mol. The first-order valence-electron chi connectivity index (χ1n) is 7.10. The van der Waals surface area contributed by atoms with Crippen LogP contribution in [-0.4, -0.2) is 44.2 Å². The molecule has 1 aromatic rings. The lowest BCUT2D eigenvalue weighted by Crippen LogP contribution is -2.47. The zero-order valence-electron chi connectivity index (χ0n) is 11.4. The molecule has 1 saturated heterocycles. The molecular weight excluding hydrogens is 222 g/mol. The van der Waals surface area contributed by atoms with E-state index in [0.29, 0.717) is 0 Å². The largest absolute Gasteiger partial charge is 0.369 e. The molecule has 3 nitrogen and oxygen atoms in total. The lowest BCUT2D eigenvalue weighted by Gasteiger charge is -2.36. The first kappa shape index (κ1) is 13.4. The van der Waals surface area contributed by atoms with Crippen molar-refractivity contribution in [3.05, 3.63) is 29.8 Å². The molecule has 0 unspecified atom stereocenters. The smallest absolute Gasteiger partial charge is 0.0367 e. The minimum Gasteiger partial charge on any atom is -0.369 e. The van der Waals surface area contributed by atoms with Crippen molar-refractivity contribution in [2.24, 2.45) is 5.73 Å². The van der Waals surface area contributed by atoms with Crippen LogP contribution >= 0.6 is 0 Å². The lowest BCUT2D eigenvalue weighted by atomic mass is 10.1. The van der Waals surface area contributed by atoms with Gasteiger partial charge in [0.2, 0.25) is 0 Å². The van der Waals surface area contributed by atoms with Gasteiger partial charge in [0.05, 0.1) is 0 Å². The van der Waals surface area contributed by atoms with Crippen molar-refractivity contribution in [3.8, 4) is 0 Å². The fraction of sp³-hybridized carbons (Fsp3) is 0.600. The van der Waals surface area contributed by atoms with Crippen LogP contribution in [0.2, 0.25) is 0 Å². The molecule has 100 valence electrons. The van der Waals surface area contributed by atoms with Gasteiger partial charge >= 0.3 is 0 Å². The van der Waals surface area contributed by atoms with Crippen LogP contribution in [0.4, 0.5) is 5.69 Å². The van der Waals surface area contributed by atoms with Gasteiger partial charge < -0.3 is 10.6 Å². The van der Waals surface area contributed by atoms with Crippen molar-refractivity contribution < 1.29 is 0 Å². The number of hydrogen-bond acceptors (Lipinski definition) is 3. The average Bonchev–Trinajstić information content (AvgIpc) is 2.41. The van der Waals surface area contributed by atoms with Crippen LogP contribution < -0.4 is 10.6 Å².